The van der Waals surface area contributed by atoms with E-state index in [1.807, 2.05) is 24.3 Å². The molecule has 5 nitrogen and oxygen atoms in total. The highest BCUT2D eigenvalue weighted by Gasteiger charge is 2.12. The van der Waals surface area contributed by atoms with Crippen molar-refractivity contribution in [2.24, 2.45) is 5.73 Å². The Labute approximate surface area is 148 Å². The summed E-state index contributed by atoms with van der Waals surface area (Å²) in [6.45, 7) is 0.484. The Morgan fingerprint density at radius 2 is 1.78 bits per heavy atom. The molecule has 3 N–H and O–H groups in total. The van der Waals surface area contributed by atoms with Gasteiger partial charge in [-0.25, -0.2) is 9.10 Å². The van der Waals surface area contributed by atoms with Crippen LogP contribution in [0.3, 0.4) is 0 Å². The van der Waals surface area contributed by atoms with Crippen molar-refractivity contribution in [1.29, 1.82) is 0 Å². The summed E-state index contributed by atoms with van der Waals surface area (Å²) in [4.78, 5) is 23.1. The molecule has 0 unspecified atom stereocenters. The maximum atomic E-state index is 12.1. The van der Waals surface area contributed by atoms with Crippen molar-refractivity contribution in [2.45, 2.75) is 6.42 Å². The Morgan fingerprint density at radius 1 is 1.13 bits per heavy atom. The predicted octanol–water partition coefficient (Wildman–Crippen LogP) is 3.15. The van der Waals surface area contributed by atoms with E-state index in [9.17, 15) is 9.59 Å². The van der Waals surface area contributed by atoms with Gasteiger partial charge in [-0.1, -0.05) is 46.9 Å². The number of thiol groups is 1. The number of rotatable bonds is 5. The summed E-state index contributed by atoms with van der Waals surface area (Å²) in [5.41, 5.74) is 7.23. The summed E-state index contributed by atoms with van der Waals surface area (Å²) in [6, 6.07) is 13.8. The fraction of sp³-hybridized carbons (Fsp3) is 0.125. The summed E-state index contributed by atoms with van der Waals surface area (Å²) in [6.07, 6.45) is 0.704. The van der Waals surface area contributed by atoms with Gasteiger partial charge in [0.2, 0.25) is 5.91 Å². The number of benzene rings is 2. The van der Waals surface area contributed by atoms with Gasteiger partial charge in [-0.15, -0.1) is 0 Å². The molecule has 7 heteroatoms. The van der Waals surface area contributed by atoms with Gasteiger partial charge >= 0.3 is 6.03 Å². The summed E-state index contributed by atoms with van der Waals surface area (Å²) >= 11 is 7.65. The lowest BCUT2D eigenvalue weighted by Gasteiger charge is -2.17. The Balaban J connectivity index is 1.90. The highest BCUT2D eigenvalue weighted by molar-refractivity contribution is 9.10. The van der Waals surface area contributed by atoms with E-state index in [-0.39, 0.29) is 6.03 Å². The Kier molecular flexibility index (Phi) is 6.06. The minimum atomic E-state index is -0.514. The third kappa shape index (κ3) is 4.74. The first kappa shape index (κ1) is 17.4. The van der Waals surface area contributed by atoms with Gasteiger partial charge in [-0.05, 0) is 42.3 Å². The highest BCUT2D eigenvalue weighted by Crippen LogP contribution is 2.18. The predicted molar refractivity (Wildman–Crippen MR) is 97.7 cm³/mol. The van der Waals surface area contributed by atoms with Crippen molar-refractivity contribution < 1.29 is 9.59 Å². The van der Waals surface area contributed by atoms with Gasteiger partial charge in [-0.3, -0.25) is 4.79 Å². The van der Waals surface area contributed by atoms with Crippen LogP contribution in [0.15, 0.2) is 53.0 Å². The lowest BCUT2D eigenvalue weighted by molar-refractivity contribution is 0.100. The quantitative estimate of drug-likeness (QED) is 0.682. The monoisotopic (exact) mass is 393 g/mol. The molecule has 3 amide bonds. The zero-order valence-electron chi connectivity index (χ0n) is 12.2. The van der Waals surface area contributed by atoms with Crippen LogP contribution in [0, 0.1) is 0 Å². The molecule has 0 aliphatic rings. The molecule has 2 aromatic rings. The van der Waals surface area contributed by atoms with Gasteiger partial charge in [0.25, 0.3) is 0 Å². The van der Waals surface area contributed by atoms with E-state index in [1.165, 1.54) is 4.31 Å². The van der Waals surface area contributed by atoms with Crippen LogP contribution < -0.4 is 15.4 Å². The van der Waals surface area contributed by atoms with Crippen LogP contribution in [-0.4, -0.2) is 18.5 Å². The molecular weight excluding hydrogens is 378 g/mol. The van der Waals surface area contributed by atoms with E-state index in [0.717, 1.165) is 10.0 Å². The smallest absolute Gasteiger partial charge is 0.331 e. The first-order valence-corrected chi connectivity index (χ1v) is 8.08. The molecule has 0 bridgehead atoms. The molecule has 0 atom stereocenters. The number of primary amides is 1. The molecule has 2 aromatic carbocycles. The average Bonchev–Trinajstić information content (AvgIpc) is 2.56. The molecule has 0 aliphatic heterocycles. The second-order valence-electron chi connectivity index (χ2n) is 4.80. The van der Waals surface area contributed by atoms with Crippen LogP contribution in [-0.2, 0) is 6.42 Å². The van der Waals surface area contributed by atoms with Crippen LogP contribution in [0.25, 0.3) is 0 Å². The number of nitrogens with zero attached hydrogens (tertiary/aromatic N) is 1. The van der Waals surface area contributed by atoms with E-state index in [2.05, 4.69) is 34.1 Å². The molecule has 120 valence electrons. The summed E-state index contributed by atoms with van der Waals surface area (Å²) in [5, 5.41) is 2.79. The van der Waals surface area contributed by atoms with Crippen LogP contribution in [0.5, 0.6) is 0 Å². The second kappa shape index (κ2) is 8.03. The van der Waals surface area contributed by atoms with Gasteiger partial charge in [0.15, 0.2) is 0 Å². The normalized spacial score (nSPS) is 10.2. The Bertz CT molecular complexity index is 707. The SMILES string of the molecule is NC(=O)c1ccc(N(S)C(=O)NCCc2ccccc2Br)cc1. The van der Waals surface area contributed by atoms with Crippen molar-refractivity contribution in [2.75, 3.05) is 10.8 Å². The molecule has 0 saturated carbocycles. The topological polar surface area (TPSA) is 75.4 Å². The number of carbonyl (C=O) groups is 2. The standard InChI is InChI=1S/C16H16BrN3O2S/c17-14-4-2-1-3-11(14)9-10-19-16(22)20(23)13-7-5-12(6-8-13)15(18)21/h1-8,23H,9-10H2,(H2,18,21)(H,19,22). The van der Waals surface area contributed by atoms with Gasteiger partial charge in [-0.2, -0.15) is 0 Å². The van der Waals surface area contributed by atoms with Crippen LogP contribution in [0.4, 0.5) is 10.5 Å². The summed E-state index contributed by atoms with van der Waals surface area (Å²) < 4.78 is 2.20. The summed E-state index contributed by atoms with van der Waals surface area (Å²) in [7, 11) is 0. The van der Waals surface area contributed by atoms with Gasteiger partial charge in [0.05, 0.1) is 5.69 Å². The molecule has 0 aliphatic carbocycles. The number of amides is 3. The fourth-order valence-electron chi connectivity index (χ4n) is 1.96. The maximum Gasteiger partial charge on any atom is 0.331 e. The first-order valence-electron chi connectivity index (χ1n) is 6.89. The van der Waals surface area contributed by atoms with Crippen LogP contribution in [0.2, 0.25) is 0 Å². The number of hydrogen-bond acceptors (Lipinski definition) is 3. The zero-order valence-corrected chi connectivity index (χ0v) is 14.7. The number of anilines is 1. The van der Waals surface area contributed by atoms with Crippen LogP contribution >= 0.6 is 28.7 Å². The lowest BCUT2D eigenvalue weighted by Crippen LogP contribution is -2.35. The molecule has 0 heterocycles. The number of urea groups is 1. The molecule has 0 radical (unpaired) electrons. The molecule has 0 spiro atoms. The minimum Gasteiger partial charge on any atom is -0.366 e. The molecule has 2 rings (SSSR count). The van der Waals surface area contributed by atoms with Crippen molar-refractivity contribution in [3.63, 3.8) is 0 Å². The van der Waals surface area contributed by atoms with E-state index in [4.69, 9.17) is 5.73 Å². The molecular formula is C16H16BrN3O2S. The van der Waals surface area contributed by atoms with E-state index < -0.39 is 5.91 Å². The van der Waals surface area contributed by atoms with Crippen molar-refractivity contribution in [3.05, 3.63) is 64.1 Å². The van der Waals surface area contributed by atoms with Gasteiger partial charge in [0.1, 0.15) is 0 Å². The molecule has 0 fully saturated rings. The first-order chi connectivity index (χ1) is 11.0. The van der Waals surface area contributed by atoms with Gasteiger partial charge < -0.3 is 11.1 Å². The summed E-state index contributed by atoms with van der Waals surface area (Å²) in [5.74, 6) is -0.514. The number of carbonyl (C=O) groups excluding carboxylic acids is 2. The average molecular weight is 394 g/mol. The Hall–Kier alpha value is -1.99. The molecule has 0 saturated heterocycles. The zero-order chi connectivity index (χ0) is 16.8. The number of nitrogens with two attached hydrogens (primary N) is 1. The Morgan fingerprint density at radius 3 is 2.39 bits per heavy atom. The molecule has 23 heavy (non-hydrogen) atoms. The van der Waals surface area contributed by atoms with Crippen LogP contribution in [0.1, 0.15) is 15.9 Å². The molecule has 0 aromatic heterocycles. The van der Waals surface area contributed by atoms with E-state index >= 15 is 0 Å². The minimum absolute atomic E-state index is 0.341. The third-order valence-corrected chi connectivity index (χ3v) is 4.40. The lowest BCUT2D eigenvalue weighted by atomic mass is 10.1. The second-order valence-corrected chi connectivity index (χ2v) is 6.05. The van der Waals surface area contributed by atoms with Gasteiger partial charge in [0, 0.05) is 16.6 Å². The van der Waals surface area contributed by atoms with E-state index in [0.29, 0.717) is 24.2 Å². The number of halogens is 1. The number of nitrogens with one attached hydrogen (secondary N) is 1. The van der Waals surface area contributed by atoms with E-state index in [1.54, 1.807) is 24.3 Å². The largest absolute Gasteiger partial charge is 0.366 e. The number of hydrogen-bond donors (Lipinski definition) is 3. The van der Waals surface area contributed by atoms with Crippen molar-refractivity contribution in [1.82, 2.24) is 5.32 Å². The maximum absolute atomic E-state index is 12.1. The van der Waals surface area contributed by atoms with Crippen molar-refractivity contribution in [3.8, 4) is 0 Å². The third-order valence-electron chi connectivity index (χ3n) is 3.22. The van der Waals surface area contributed by atoms with Crippen molar-refractivity contribution >= 4 is 46.4 Å². The highest BCUT2D eigenvalue weighted by atomic mass is 79.9. The fourth-order valence-corrected chi connectivity index (χ4v) is 2.65.